The predicted octanol–water partition coefficient (Wildman–Crippen LogP) is 3.23. The number of unbranched alkanes of at least 4 members (excludes halogenated alkanes) is 1. The fraction of sp³-hybridized carbons (Fsp3) is 0.455. The molecular weight excluding hydrogens is 146 g/mol. The van der Waals surface area contributed by atoms with E-state index in [0.717, 1.165) is 6.54 Å². The Morgan fingerprint density at radius 1 is 1.25 bits per heavy atom. The van der Waals surface area contributed by atoms with Gasteiger partial charge in [0.2, 0.25) is 0 Å². The van der Waals surface area contributed by atoms with E-state index in [9.17, 15) is 0 Å². The number of hydrogen-bond acceptors (Lipinski definition) is 0. The first kappa shape index (κ1) is 9.11. The van der Waals surface area contributed by atoms with E-state index in [-0.39, 0.29) is 0 Å². The molecule has 1 nitrogen and oxygen atoms in total. The third-order valence-electron chi connectivity index (χ3n) is 1.94. The molecule has 0 unspecified atom stereocenters. The van der Waals surface area contributed by atoms with Crippen molar-refractivity contribution in [2.45, 2.75) is 32.7 Å². The van der Waals surface area contributed by atoms with Crippen LogP contribution in [-0.4, -0.2) is 4.57 Å². The summed E-state index contributed by atoms with van der Waals surface area (Å²) in [6.45, 7) is 7.11. The van der Waals surface area contributed by atoms with Crippen molar-refractivity contribution in [2.24, 2.45) is 0 Å². The van der Waals surface area contributed by atoms with Gasteiger partial charge in [-0.05, 0) is 38.3 Å². The molecule has 0 aliphatic heterocycles. The Kier molecular flexibility index (Phi) is 3.65. The van der Waals surface area contributed by atoms with E-state index in [1.54, 1.807) is 0 Å². The first-order valence-electron chi connectivity index (χ1n) is 4.54. The third-order valence-corrected chi connectivity index (χ3v) is 1.94. The predicted molar refractivity (Wildman–Crippen MR) is 53.1 cm³/mol. The van der Waals surface area contributed by atoms with Crippen LogP contribution in [0.2, 0.25) is 0 Å². The van der Waals surface area contributed by atoms with Crippen LogP contribution < -0.4 is 0 Å². The average molecular weight is 163 g/mol. The summed E-state index contributed by atoms with van der Waals surface area (Å²) < 4.78 is 2.22. The number of nitrogens with zero attached hydrogens (tertiary/aromatic N) is 1. The Bertz CT molecular complexity index is 221. The van der Waals surface area contributed by atoms with Crippen LogP contribution in [0.4, 0.5) is 0 Å². The summed E-state index contributed by atoms with van der Waals surface area (Å²) >= 11 is 0. The SMILES string of the molecule is C=C(C)CCCCn1cccc1. The van der Waals surface area contributed by atoms with Gasteiger partial charge in [0.25, 0.3) is 0 Å². The van der Waals surface area contributed by atoms with Crippen molar-refractivity contribution >= 4 is 0 Å². The zero-order valence-corrected chi connectivity index (χ0v) is 7.79. The summed E-state index contributed by atoms with van der Waals surface area (Å²) in [7, 11) is 0. The van der Waals surface area contributed by atoms with Gasteiger partial charge >= 0.3 is 0 Å². The Labute approximate surface area is 74.7 Å². The van der Waals surface area contributed by atoms with Gasteiger partial charge in [-0.2, -0.15) is 0 Å². The fourth-order valence-electron chi connectivity index (χ4n) is 1.24. The maximum Gasteiger partial charge on any atom is 0.0219 e. The van der Waals surface area contributed by atoms with Crippen molar-refractivity contribution < 1.29 is 0 Å². The molecule has 66 valence electrons. The van der Waals surface area contributed by atoms with E-state index in [4.69, 9.17) is 0 Å². The summed E-state index contributed by atoms with van der Waals surface area (Å²) in [4.78, 5) is 0. The zero-order chi connectivity index (χ0) is 8.81. The van der Waals surface area contributed by atoms with Gasteiger partial charge in [0.05, 0.1) is 0 Å². The Morgan fingerprint density at radius 2 is 1.92 bits per heavy atom. The second-order valence-electron chi connectivity index (χ2n) is 3.34. The van der Waals surface area contributed by atoms with Gasteiger partial charge in [0, 0.05) is 18.9 Å². The molecule has 1 heteroatoms. The van der Waals surface area contributed by atoms with Crippen LogP contribution in [0.3, 0.4) is 0 Å². The van der Waals surface area contributed by atoms with Crippen molar-refractivity contribution in [3.05, 3.63) is 36.7 Å². The van der Waals surface area contributed by atoms with Crippen molar-refractivity contribution in [2.75, 3.05) is 0 Å². The van der Waals surface area contributed by atoms with Crippen LogP contribution in [0.5, 0.6) is 0 Å². The van der Waals surface area contributed by atoms with E-state index in [0.29, 0.717) is 0 Å². The van der Waals surface area contributed by atoms with E-state index in [2.05, 4.69) is 42.6 Å². The molecule has 0 aromatic carbocycles. The molecule has 1 aromatic rings. The average Bonchev–Trinajstić information content (AvgIpc) is 2.49. The second kappa shape index (κ2) is 4.81. The molecule has 0 amide bonds. The highest BCUT2D eigenvalue weighted by Gasteiger charge is 1.90. The van der Waals surface area contributed by atoms with Gasteiger partial charge in [0.1, 0.15) is 0 Å². The Morgan fingerprint density at radius 3 is 2.50 bits per heavy atom. The molecule has 12 heavy (non-hydrogen) atoms. The van der Waals surface area contributed by atoms with E-state index in [1.807, 2.05) is 0 Å². The minimum atomic E-state index is 1.14. The lowest BCUT2D eigenvalue weighted by Crippen LogP contribution is -1.93. The fourth-order valence-corrected chi connectivity index (χ4v) is 1.24. The zero-order valence-electron chi connectivity index (χ0n) is 7.79. The summed E-state index contributed by atoms with van der Waals surface area (Å²) in [5.74, 6) is 0. The molecule has 0 saturated heterocycles. The van der Waals surface area contributed by atoms with Crippen LogP contribution in [0.25, 0.3) is 0 Å². The summed E-state index contributed by atoms with van der Waals surface area (Å²) in [5.41, 5.74) is 1.29. The minimum absolute atomic E-state index is 1.14. The molecule has 0 aliphatic carbocycles. The van der Waals surface area contributed by atoms with E-state index in [1.165, 1.54) is 24.8 Å². The van der Waals surface area contributed by atoms with Crippen LogP contribution >= 0.6 is 0 Å². The van der Waals surface area contributed by atoms with Crippen molar-refractivity contribution in [3.63, 3.8) is 0 Å². The van der Waals surface area contributed by atoms with Gasteiger partial charge in [-0.3, -0.25) is 0 Å². The number of rotatable bonds is 5. The topological polar surface area (TPSA) is 4.93 Å². The summed E-state index contributed by atoms with van der Waals surface area (Å²) in [6.07, 6.45) is 7.90. The molecule has 0 saturated carbocycles. The second-order valence-corrected chi connectivity index (χ2v) is 3.34. The van der Waals surface area contributed by atoms with Gasteiger partial charge in [-0.25, -0.2) is 0 Å². The number of aromatic nitrogens is 1. The maximum absolute atomic E-state index is 3.88. The highest BCUT2D eigenvalue weighted by atomic mass is 14.9. The Hall–Kier alpha value is -0.980. The third kappa shape index (κ3) is 3.42. The van der Waals surface area contributed by atoms with Crippen LogP contribution in [0.15, 0.2) is 36.7 Å². The van der Waals surface area contributed by atoms with Crippen molar-refractivity contribution in [3.8, 4) is 0 Å². The minimum Gasteiger partial charge on any atom is -0.354 e. The molecule has 0 fully saturated rings. The summed E-state index contributed by atoms with van der Waals surface area (Å²) in [6, 6.07) is 4.14. The van der Waals surface area contributed by atoms with Crippen molar-refractivity contribution in [1.29, 1.82) is 0 Å². The highest BCUT2D eigenvalue weighted by molar-refractivity contribution is 4.90. The normalized spacial score (nSPS) is 10.1. The molecular formula is C11H17N. The lowest BCUT2D eigenvalue weighted by molar-refractivity contribution is 0.610. The van der Waals surface area contributed by atoms with Gasteiger partial charge < -0.3 is 4.57 Å². The number of hydrogen-bond donors (Lipinski definition) is 0. The van der Waals surface area contributed by atoms with Crippen LogP contribution in [0, 0.1) is 0 Å². The lowest BCUT2D eigenvalue weighted by atomic mass is 10.1. The molecule has 0 radical (unpaired) electrons. The van der Waals surface area contributed by atoms with E-state index < -0.39 is 0 Å². The molecule has 1 heterocycles. The van der Waals surface area contributed by atoms with E-state index >= 15 is 0 Å². The summed E-state index contributed by atoms with van der Waals surface area (Å²) in [5, 5.41) is 0. The van der Waals surface area contributed by atoms with Crippen molar-refractivity contribution in [1.82, 2.24) is 4.57 Å². The Balaban J connectivity index is 2.07. The molecule has 0 aliphatic rings. The smallest absolute Gasteiger partial charge is 0.0219 e. The molecule has 0 atom stereocenters. The first-order chi connectivity index (χ1) is 5.79. The standard InChI is InChI=1S/C11H17N/c1-11(2)7-3-4-8-12-9-5-6-10-12/h5-6,9-10H,1,3-4,7-8H2,2H3. The molecule has 1 aromatic heterocycles. The lowest BCUT2D eigenvalue weighted by Gasteiger charge is -2.02. The van der Waals surface area contributed by atoms with Gasteiger partial charge in [0.15, 0.2) is 0 Å². The highest BCUT2D eigenvalue weighted by Crippen LogP contribution is 2.05. The first-order valence-corrected chi connectivity index (χ1v) is 4.54. The molecule has 0 bridgehead atoms. The van der Waals surface area contributed by atoms with Crippen LogP contribution in [0.1, 0.15) is 26.2 Å². The maximum atomic E-state index is 3.88. The number of aryl methyl sites for hydroxylation is 1. The molecule has 0 N–H and O–H groups in total. The van der Waals surface area contributed by atoms with Gasteiger partial charge in [-0.15, -0.1) is 6.58 Å². The van der Waals surface area contributed by atoms with Crippen LogP contribution in [-0.2, 0) is 6.54 Å². The monoisotopic (exact) mass is 163 g/mol. The molecule has 0 spiro atoms. The number of allylic oxidation sites excluding steroid dienone is 1. The van der Waals surface area contributed by atoms with Gasteiger partial charge in [-0.1, -0.05) is 5.57 Å². The quantitative estimate of drug-likeness (QED) is 0.464. The molecule has 1 rings (SSSR count). The largest absolute Gasteiger partial charge is 0.354 e.